The van der Waals surface area contributed by atoms with Crippen LogP contribution < -0.4 is 10.7 Å². The molecule has 4 amide bonds. The van der Waals surface area contributed by atoms with Crippen LogP contribution in [0.15, 0.2) is 52.5 Å². The van der Waals surface area contributed by atoms with E-state index in [9.17, 15) is 14.4 Å². The second-order valence-corrected chi connectivity index (χ2v) is 8.52. The number of hydrazine groups is 1. The Hall–Kier alpha value is -3.04. The van der Waals surface area contributed by atoms with E-state index in [1.54, 1.807) is 23.6 Å². The van der Waals surface area contributed by atoms with Gasteiger partial charge in [0.1, 0.15) is 16.2 Å². The monoisotopic (exact) mass is 426 g/mol. The van der Waals surface area contributed by atoms with Gasteiger partial charge in [0.2, 0.25) is 0 Å². The van der Waals surface area contributed by atoms with E-state index < -0.39 is 23.4 Å². The molecule has 1 fully saturated rings. The molecule has 0 spiro atoms. The fourth-order valence-corrected chi connectivity index (χ4v) is 4.56. The summed E-state index contributed by atoms with van der Waals surface area (Å²) in [6.45, 7) is 1.67. The summed E-state index contributed by atoms with van der Waals surface area (Å²) >= 11 is 2.87. The smallest absolute Gasteiger partial charge is 0.322 e. The van der Waals surface area contributed by atoms with Crippen LogP contribution in [0.3, 0.4) is 0 Å². The summed E-state index contributed by atoms with van der Waals surface area (Å²) in [5.41, 5.74) is 3.47. The summed E-state index contributed by atoms with van der Waals surface area (Å²) in [5.74, 6) is -1.08. The average molecular weight is 427 g/mol. The molecule has 3 heterocycles. The lowest BCUT2D eigenvalue weighted by Crippen LogP contribution is -2.49. The molecule has 7 nitrogen and oxygen atoms in total. The van der Waals surface area contributed by atoms with Gasteiger partial charge in [-0.05, 0) is 36.8 Å². The zero-order valence-electron chi connectivity index (χ0n) is 15.5. The molecule has 1 saturated heterocycles. The van der Waals surface area contributed by atoms with Crippen molar-refractivity contribution in [3.8, 4) is 10.6 Å². The highest BCUT2D eigenvalue weighted by Crippen LogP contribution is 2.26. The van der Waals surface area contributed by atoms with Gasteiger partial charge < -0.3 is 5.32 Å². The van der Waals surface area contributed by atoms with Crippen molar-refractivity contribution < 1.29 is 14.4 Å². The number of imide groups is 1. The van der Waals surface area contributed by atoms with Gasteiger partial charge in [-0.3, -0.25) is 15.0 Å². The van der Waals surface area contributed by atoms with Gasteiger partial charge in [-0.2, -0.15) is 16.3 Å². The van der Waals surface area contributed by atoms with E-state index >= 15 is 0 Å². The van der Waals surface area contributed by atoms with Crippen molar-refractivity contribution in [2.75, 3.05) is 0 Å². The van der Waals surface area contributed by atoms with E-state index in [-0.39, 0.29) is 5.69 Å². The molecule has 1 atom stereocenters. The lowest BCUT2D eigenvalue weighted by molar-refractivity contribution is -0.132. The van der Waals surface area contributed by atoms with Crippen LogP contribution in [0, 0.1) is 0 Å². The Labute approximate surface area is 175 Å². The molecule has 0 bridgehead atoms. The van der Waals surface area contributed by atoms with Crippen molar-refractivity contribution >= 4 is 40.5 Å². The first-order valence-electron chi connectivity index (χ1n) is 8.96. The lowest BCUT2D eigenvalue weighted by atomic mass is 9.93. The van der Waals surface area contributed by atoms with Gasteiger partial charge in [-0.15, -0.1) is 11.3 Å². The number of thiophene rings is 1. The van der Waals surface area contributed by atoms with Crippen molar-refractivity contribution in [3.05, 3.63) is 63.8 Å². The van der Waals surface area contributed by atoms with Gasteiger partial charge in [0.05, 0.1) is 0 Å². The number of hydrogen-bond acceptors (Lipinski definition) is 6. The van der Waals surface area contributed by atoms with E-state index in [1.807, 2.05) is 47.2 Å². The molecule has 0 radical (unpaired) electrons. The number of aryl methyl sites for hydroxylation is 1. The molecule has 0 unspecified atom stereocenters. The molecule has 9 heteroatoms. The van der Waals surface area contributed by atoms with Crippen LogP contribution in [0.4, 0.5) is 4.79 Å². The molecule has 1 aliphatic rings. The minimum atomic E-state index is -1.08. The molecule has 1 aliphatic heterocycles. The molecule has 2 aromatic heterocycles. The van der Waals surface area contributed by atoms with Crippen LogP contribution in [0.5, 0.6) is 0 Å². The first-order chi connectivity index (χ1) is 14.0. The third-order valence-electron chi connectivity index (χ3n) is 4.74. The Morgan fingerprint density at radius 3 is 2.72 bits per heavy atom. The third-order valence-corrected chi connectivity index (χ3v) is 6.31. The van der Waals surface area contributed by atoms with Crippen LogP contribution in [0.25, 0.3) is 10.6 Å². The van der Waals surface area contributed by atoms with Crippen LogP contribution >= 0.6 is 22.7 Å². The van der Waals surface area contributed by atoms with Crippen molar-refractivity contribution in [2.45, 2.75) is 25.3 Å². The minimum absolute atomic E-state index is 0.162. The van der Waals surface area contributed by atoms with Crippen molar-refractivity contribution in [3.63, 3.8) is 0 Å². The van der Waals surface area contributed by atoms with Gasteiger partial charge in [0.15, 0.2) is 0 Å². The fourth-order valence-electron chi connectivity index (χ4n) is 3.05. The molecular formula is C20H18N4O3S2. The molecule has 29 heavy (non-hydrogen) atoms. The van der Waals surface area contributed by atoms with E-state index in [0.717, 1.165) is 16.1 Å². The predicted molar refractivity (Wildman–Crippen MR) is 111 cm³/mol. The van der Waals surface area contributed by atoms with Crippen molar-refractivity contribution in [1.29, 1.82) is 0 Å². The minimum Gasteiger partial charge on any atom is -0.322 e. The summed E-state index contributed by atoms with van der Waals surface area (Å²) in [6, 6.07) is 11.0. The highest BCUT2D eigenvalue weighted by Gasteiger charge is 2.48. The second kappa shape index (κ2) is 7.76. The first kappa shape index (κ1) is 19.3. The van der Waals surface area contributed by atoms with E-state index in [4.69, 9.17) is 0 Å². The summed E-state index contributed by atoms with van der Waals surface area (Å²) in [6.07, 6.45) is 1.05. The maximum atomic E-state index is 12.8. The molecule has 0 aliphatic carbocycles. The zero-order valence-corrected chi connectivity index (χ0v) is 17.2. The average Bonchev–Trinajstić information content (AvgIpc) is 3.45. The summed E-state index contributed by atoms with van der Waals surface area (Å²) < 4.78 is 0. The number of carbonyl (C=O) groups is 3. The zero-order chi connectivity index (χ0) is 20.4. The van der Waals surface area contributed by atoms with Gasteiger partial charge >= 0.3 is 6.03 Å². The Morgan fingerprint density at radius 1 is 1.21 bits per heavy atom. The van der Waals surface area contributed by atoms with E-state index in [1.165, 1.54) is 11.3 Å². The van der Waals surface area contributed by atoms with Crippen LogP contribution in [-0.2, 0) is 11.2 Å². The number of hydrogen-bond donors (Lipinski definition) is 2. The Morgan fingerprint density at radius 2 is 2.00 bits per heavy atom. The maximum absolute atomic E-state index is 12.8. The largest absolute Gasteiger partial charge is 0.344 e. The summed E-state index contributed by atoms with van der Waals surface area (Å²) in [7, 11) is 0. The van der Waals surface area contributed by atoms with E-state index in [2.05, 4.69) is 15.7 Å². The number of benzene rings is 1. The number of nitrogens with one attached hydrogen (secondary N) is 2. The number of amides is 4. The van der Waals surface area contributed by atoms with Crippen molar-refractivity contribution in [2.24, 2.45) is 0 Å². The highest BCUT2D eigenvalue weighted by molar-refractivity contribution is 7.14. The molecule has 3 aromatic rings. The quantitative estimate of drug-likeness (QED) is 0.591. The number of carbonyl (C=O) groups excluding carboxylic acids is 3. The SMILES string of the molecule is C[C@@]1(CCc2ccccc2)NC(=O)N(NC(=O)c2csc(-c3ccsc3)n2)C1=O. The Kier molecular flexibility index (Phi) is 5.16. The predicted octanol–water partition coefficient (Wildman–Crippen LogP) is 3.46. The standard InChI is InChI=1S/C20H18N4O3S2/c1-20(9-7-13-5-3-2-4-6-13)18(26)24(19(27)22-20)23-16(25)15-12-29-17(21-15)14-8-10-28-11-14/h2-6,8,10-12H,7,9H2,1H3,(H,22,27)(H,23,25)/t20-/m0/s1. The molecule has 0 saturated carbocycles. The Bertz CT molecular complexity index is 1050. The lowest BCUT2D eigenvalue weighted by Gasteiger charge is -2.21. The molecule has 2 N–H and O–H groups in total. The number of aromatic nitrogens is 1. The van der Waals surface area contributed by atoms with Crippen LogP contribution in [0.2, 0.25) is 0 Å². The van der Waals surface area contributed by atoms with Gasteiger partial charge in [0, 0.05) is 16.3 Å². The number of rotatable bonds is 6. The number of nitrogens with zero attached hydrogens (tertiary/aromatic N) is 2. The molecular weight excluding hydrogens is 408 g/mol. The van der Waals surface area contributed by atoms with Crippen molar-refractivity contribution in [1.82, 2.24) is 20.7 Å². The van der Waals surface area contributed by atoms with Gasteiger partial charge in [-0.25, -0.2) is 9.78 Å². The Balaban J connectivity index is 1.43. The van der Waals surface area contributed by atoms with Gasteiger partial charge in [-0.1, -0.05) is 30.3 Å². The molecule has 148 valence electrons. The number of urea groups is 1. The molecule has 4 rings (SSSR count). The fraction of sp³-hybridized carbons (Fsp3) is 0.200. The topological polar surface area (TPSA) is 91.4 Å². The summed E-state index contributed by atoms with van der Waals surface area (Å²) in [4.78, 5) is 42.0. The first-order valence-corrected chi connectivity index (χ1v) is 10.8. The third kappa shape index (κ3) is 3.92. The van der Waals surface area contributed by atoms with Gasteiger partial charge in [0.25, 0.3) is 11.8 Å². The van der Waals surface area contributed by atoms with Crippen LogP contribution in [0.1, 0.15) is 29.4 Å². The summed E-state index contributed by atoms with van der Waals surface area (Å²) in [5, 5.41) is 9.63. The maximum Gasteiger partial charge on any atom is 0.344 e. The number of thiazole rings is 1. The van der Waals surface area contributed by atoms with E-state index in [0.29, 0.717) is 17.8 Å². The normalized spacial score (nSPS) is 18.7. The second-order valence-electron chi connectivity index (χ2n) is 6.88. The molecule has 1 aromatic carbocycles. The van der Waals surface area contributed by atoms with Crippen LogP contribution in [-0.4, -0.2) is 33.4 Å². The highest BCUT2D eigenvalue weighted by atomic mass is 32.1.